The van der Waals surface area contributed by atoms with Gasteiger partial charge in [0, 0.05) is 17.9 Å². The Morgan fingerprint density at radius 1 is 1.00 bits per heavy atom. The second kappa shape index (κ2) is 7.07. The van der Waals surface area contributed by atoms with Gasteiger partial charge in [0.15, 0.2) is 0 Å². The van der Waals surface area contributed by atoms with Crippen LogP contribution in [0.5, 0.6) is 0 Å². The van der Waals surface area contributed by atoms with Crippen LogP contribution in [-0.4, -0.2) is 16.9 Å². The van der Waals surface area contributed by atoms with E-state index in [-0.39, 0.29) is 5.91 Å². The van der Waals surface area contributed by atoms with Crippen molar-refractivity contribution in [2.45, 2.75) is 38.1 Å². The number of hydrogen-bond donors (Lipinski definition) is 2. The Bertz CT molecular complexity index is 621. The Hall–Kier alpha value is -2.36. The van der Waals surface area contributed by atoms with E-state index in [1.54, 1.807) is 12.3 Å². The molecule has 0 radical (unpaired) electrons. The molecule has 4 nitrogen and oxygen atoms in total. The Balaban J connectivity index is 1.74. The predicted octanol–water partition coefficient (Wildman–Crippen LogP) is 3.89. The number of aromatic nitrogens is 1. The lowest BCUT2D eigenvalue weighted by atomic mass is 9.95. The normalized spacial score (nSPS) is 15.3. The second-order valence-electron chi connectivity index (χ2n) is 5.70. The molecule has 3 rings (SSSR count). The fraction of sp³-hybridized carbons (Fsp3) is 0.333. The molecule has 1 aliphatic rings. The van der Waals surface area contributed by atoms with Gasteiger partial charge in [0.05, 0.1) is 5.56 Å². The summed E-state index contributed by atoms with van der Waals surface area (Å²) in [6.07, 6.45) is 7.53. The number of carbonyl (C=O) groups is 1. The van der Waals surface area contributed by atoms with Gasteiger partial charge < -0.3 is 10.6 Å². The maximum absolute atomic E-state index is 12.5. The van der Waals surface area contributed by atoms with Crippen molar-refractivity contribution in [1.29, 1.82) is 0 Å². The van der Waals surface area contributed by atoms with Gasteiger partial charge in [0.1, 0.15) is 5.82 Å². The van der Waals surface area contributed by atoms with Gasteiger partial charge in [-0.3, -0.25) is 4.79 Å². The number of hydrogen-bond acceptors (Lipinski definition) is 3. The minimum atomic E-state index is -0.0431. The van der Waals surface area contributed by atoms with Crippen molar-refractivity contribution in [3.05, 3.63) is 54.2 Å². The summed E-state index contributed by atoms with van der Waals surface area (Å²) in [7, 11) is 0. The first kappa shape index (κ1) is 14.6. The summed E-state index contributed by atoms with van der Waals surface area (Å²) >= 11 is 0. The third-order valence-electron chi connectivity index (χ3n) is 4.03. The van der Waals surface area contributed by atoms with Crippen LogP contribution in [0.25, 0.3) is 0 Å². The van der Waals surface area contributed by atoms with Crippen molar-refractivity contribution in [2.24, 2.45) is 0 Å². The first-order chi connectivity index (χ1) is 10.8. The first-order valence-electron chi connectivity index (χ1n) is 7.91. The van der Waals surface area contributed by atoms with Crippen LogP contribution in [0.4, 0.5) is 11.5 Å². The third-order valence-corrected chi connectivity index (χ3v) is 4.03. The van der Waals surface area contributed by atoms with E-state index in [0.717, 1.165) is 18.5 Å². The molecular weight excluding hydrogens is 274 g/mol. The van der Waals surface area contributed by atoms with Crippen molar-refractivity contribution in [3.63, 3.8) is 0 Å². The molecule has 0 spiro atoms. The molecular formula is C18H21N3O. The van der Waals surface area contributed by atoms with Crippen LogP contribution in [0, 0.1) is 0 Å². The van der Waals surface area contributed by atoms with Gasteiger partial charge in [-0.1, -0.05) is 37.5 Å². The number of nitrogens with zero attached hydrogens (tertiary/aromatic N) is 1. The van der Waals surface area contributed by atoms with Gasteiger partial charge >= 0.3 is 0 Å². The highest BCUT2D eigenvalue weighted by molar-refractivity contribution is 5.99. The maximum atomic E-state index is 12.5. The van der Waals surface area contributed by atoms with Crippen molar-refractivity contribution in [3.8, 4) is 0 Å². The second-order valence-corrected chi connectivity index (χ2v) is 5.70. The van der Waals surface area contributed by atoms with Crippen LogP contribution in [0.1, 0.15) is 42.5 Å². The summed E-state index contributed by atoms with van der Waals surface area (Å²) in [5.74, 6) is 0.556. The molecule has 1 saturated carbocycles. The van der Waals surface area contributed by atoms with E-state index >= 15 is 0 Å². The molecule has 0 saturated heterocycles. The van der Waals surface area contributed by atoms with E-state index in [4.69, 9.17) is 0 Å². The number of benzene rings is 1. The Labute approximate surface area is 131 Å². The zero-order valence-corrected chi connectivity index (χ0v) is 12.6. The molecule has 1 aliphatic carbocycles. The van der Waals surface area contributed by atoms with Gasteiger partial charge in [-0.15, -0.1) is 0 Å². The summed E-state index contributed by atoms with van der Waals surface area (Å²) in [5.41, 5.74) is 1.52. The number of carbonyl (C=O) groups excluding carboxylic acids is 1. The Morgan fingerprint density at radius 2 is 1.77 bits per heavy atom. The van der Waals surface area contributed by atoms with E-state index in [9.17, 15) is 4.79 Å². The lowest BCUT2D eigenvalue weighted by molar-refractivity contribution is 0.0928. The third kappa shape index (κ3) is 3.64. The van der Waals surface area contributed by atoms with E-state index in [2.05, 4.69) is 15.6 Å². The molecule has 0 unspecified atom stereocenters. The van der Waals surface area contributed by atoms with Crippen LogP contribution in [0.15, 0.2) is 48.7 Å². The molecule has 1 aromatic carbocycles. The van der Waals surface area contributed by atoms with Gasteiger partial charge in [-0.25, -0.2) is 4.98 Å². The molecule has 4 heteroatoms. The minimum absolute atomic E-state index is 0.0431. The number of rotatable bonds is 4. The fourth-order valence-corrected chi connectivity index (χ4v) is 2.86. The summed E-state index contributed by atoms with van der Waals surface area (Å²) < 4.78 is 0. The quantitative estimate of drug-likeness (QED) is 0.899. The van der Waals surface area contributed by atoms with Crippen LogP contribution in [-0.2, 0) is 0 Å². The van der Waals surface area contributed by atoms with Crippen LogP contribution < -0.4 is 10.6 Å². The van der Waals surface area contributed by atoms with E-state index in [1.165, 1.54) is 19.3 Å². The van der Waals surface area contributed by atoms with Crippen LogP contribution >= 0.6 is 0 Å². The lowest BCUT2D eigenvalue weighted by Crippen LogP contribution is -2.36. The molecule has 0 atom stereocenters. The van der Waals surface area contributed by atoms with E-state index in [1.807, 2.05) is 36.4 Å². The predicted molar refractivity (Wildman–Crippen MR) is 88.3 cm³/mol. The smallest absolute Gasteiger partial charge is 0.255 e. The van der Waals surface area contributed by atoms with Gasteiger partial charge in [-0.05, 0) is 37.1 Å². The Kier molecular flexibility index (Phi) is 4.68. The molecule has 2 N–H and O–H groups in total. The number of pyridine rings is 1. The average Bonchev–Trinajstić information content (AvgIpc) is 2.57. The lowest BCUT2D eigenvalue weighted by Gasteiger charge is -2.23. The van der Waals surface area contributed by atoms with Crippen LogP contribution in [0.2, 0.25) is 0 Å². The first-order valence-corrected chi connectivity index (χ1v) is 7.91. The number of para-hydroxylation sites is 1. The summed E-state index contributed by atoms with van der Waals surface area (Å²) in [5, 5.41) is 6.36. The molecule has 1 aromatic heterocycles. The number of anilines is 2. The summed E-state index contributed by atoms with van der Waals surface area (Å²) in [4.78, 5) is 16.8. The van der Waals surface area contributed by atoms with Gasteiger partial charge in [0.2, 0.25) is 0 Å². The minimum Gasteiger partial charge on any atom is -0.349 e. The molecule has 114 valence electrons. The number of nitrogens with one attached hydrogen (secondary N) is 2. The highest BCUT2D eigenvalue weighted by Gasteiger charge is 2.19. The van der Waals surface area contributed by atoms with Crippen molar-refractivity contribution >= 4 is 17.4 Å². The fourth-order valence-electron chi connectivity index (χ4n) is 2.86. The number of amides is 1. The molecule has 0 aliphatic heterocycles. The molecule has 1 heterocycles. The average molecular weight is 295 g/mol. The zero-order chi connectivity index (χ0) is 15.2. The molecule has 1 amide bonds. The van der Waals surface area contributed by atoms with Gasteiger partial charge in [-0.2, -0.15) is 0 Å². The topological polar surface area (TPSA) is 54.0 Å². The van der Waals surface area contributed by atoms with Crippen molar-refractivity contribution in [2.75, 3.05) is 5.32 Å². The monoisotopic (exact) mass is 295 g/mol. The SMILES string of the molecule is O=C(NC1CCCCC1)c1cccnc1Nc1ccccc1. The largest absolute Gasteiger partial charge is 0.349 e. The standard InChI is InChI=1S/C18H21N3O/c22-18(21-15-10-5-2-6-11-15)16-12-7-13-19-17(16)20-14-8-3-1-4-9-14/h1,3-4,7-9,12-13,15H,2,5-6,10-11H2,(H,19,20)(H,21,22). The molecule has 22 heavy (non-hydrogen) atoms. The van der Waals surface area contributed by atoms with Gasteiger partial charge in [0.25, 0.3) is 5.91 Å². The van der Waals surface area contributed by atoms with Crippen LogP contribution in [0.3, 0.4) is 0 Å². The highest BCUT2D eigenvalue weighted by atomic mass is 16.1. The van der Waals surface area contributed by atoms with Crippen molar-refractivity contribution in [1.82, 2.24) is 10.3 Å². The highest BCUT2D eigenvalue weighted by Crippen LogP contribution is 2.21. The molecule has 2 aromatic rings. The van der Waals surface area contributed by atoms with Crippen molar-refractivity contribution < 1.29 is 4.79 Å². The molecule has 0 bridgehead atoms. The molecule has 1 fully saturated rings. The zero-order valence-electron chi connectivity index (χ0n) is 12.6. The summed E-state index contributed by atoms with van der Waals surface area (Å²) in [6.45, 7) is 0. The Morgan fingerprint density at radius 3 is 2.55 bits per heavy atom. The van der Waals surface area contributed by atoms with E-state index in [0.29, 0.717) is 17.4 Å². The summed E-state index contributed by atoms with van der Waals surface area (Å²) in [6, 6.07) is 13.7. The van der Waals surface area contributed by atoms with E-state index < -0.39 is 0 Å². The maximum Gasteiger partial charge on any atom is 0.255 e.